The van der Waals surface area contributed by atoms with Crippen molar-refractivity contribution in [3.8, 4) is 0 Å². The summed E-state index contributed by atoms with van der Waals surface area (Å²) < 4.78 is 72.0. The van der Waals surface area contributed by atoms with Gasteiger partial charge in [0.2, 0.25) is 0 Å². The largest absolute Gasteiger partial charge is 0.416 e. The highest BCUT2D eigenvalue weighted by atomic mass is 127. The van der Waals surface area contributed by atoms with Crippen LogP contribution in [0.5, 0.6) is 0 Å². The van der Waals surface area contributed by atoms with E-state index in [2.05, 4.69) is 9.50 Å². The third kappa shape index (κ3) is 4.54. The maximum absolute atomic E-state index is 12.5. The molecule has 0 atom stereocenters. The predicted octanol–water partition coefficient (Wildman–Crippen LogP) is 2.92. The lowest BCUT2D eigenvalue weighted by Gasteiger charge is -2.06. The van der Waals surface area contributed by atoms with Crippen LogP contribution < -0.4 is 0 Å². The molecule has 0 aliphatic heterocycles. The van der Waals surface area contributed by atoms with E-state index in [0.717, 1.165) is 18.3 Å². The lowest BCUT2D eigenvalue weighted by Crippen LogP contribution is -2.05. The van der Waals surface area contributed by atoms with Crippen LogP contribution in [0.25, 0.3) is 0 Å². The van der Waals surface area contributed by atoms with Gasteiger partial charge in [-0.3, -0.25) is 0 Å². The summed E-state index contributed by atoms with van der Waals surface area (Å²) >= 11 is 1.90. The molecule has 24 heavy (non-hydrogen) atoms. The molecule has 0 saturated heterocycles. The summed E-state index contributed by atoms with van der Waals surface area (Å²) in [5, 5.41) is 4.08. The molecule has 0 aliphatic rings. The Bertz CT molecular complexity index is 846. The van der Waals surface area contributed by atoms with E-state index in [1.54, 1.807) is 0 Å². The fraction of sp³-hybridized carbons (Fsp3) is 0.231. The Balaban J connectivity index is 2.25. The van der Waals surface area contributed by atoms with E-state index in [0.29, 0.717) is 21.4 Å². The third-order valence-electron chi connectivity index (χ3n) is 2.81. The van der Waals surface area contributed by atoms with Gasteiger partial charge >= 0.3 is 6.18 Å². The second kappa shape index (κ2) is 7.19. The molecule has 11 heteroatoms. The Morgan fingerprint density at radius 3 is 2.50 bits per heavy atom. The first-order chi connectivity index (χ1) is 11.1. The van der Waals surface area contributed by atoms with Crippen LogP contribution in [0.4, 0.5) is 13.2 Å². The van der Waals surface area contributed by atoms with Crippen molar-refractivity contribution in [3.63, 3.8) is 0 Å². The zero-order valence-electron chi connectivity index (χ0n) is 12.2. The van der Waals surface area contributed by atoms with E-state index in [1.807, 2.05) is 22.6 Å². The normalized spacial score (nSPS) is 12.9. The van der Waals surface area contributed by atoms with Gasteiger partial charge in [-0.1, -0.05) is 0 Å². The van der Waals surface area contributed by atoms with Crippen LogP contribution in [0.2, 0.25) is 0 Å². The summed E-state index contributed by atoms with van der Waals surface area (Å²) in [6.07, 6.45) is -1.90. The minimum atomic E-state index is -4.53. The summed E-state index contributed by atoms with van der Waals surface area (Å²) in [6, 6.07) is 3.13. The molecule has 0 bridgehead atoms. The average molecular weight is 473 g/mol. The molecule has 0 amide bonds. The summed E-state index contributed by atoms with van der Waals surface area (Å²) in [5.74, 6) is 0. The highest BCUT2D eigenvalue weighted by Crippen LogP contribution is 2.29. The van der Waals surface area contributed by atoms with Gasteiger partial charge in [-0.15, -0.1) is 0 Å². The van der Waals surface area contributed by atoms with E-state index < -0.39 is 21.8 Å². The third-order valence-corrected chi connectivity index (χ3v) is 4.90. The maximum atomic E-state index is 12.5. The van der Waals surface area contributed by atoms with Crippen LogP contribution in [0.1, 0.15) is 11.1 Å². The van der Waals surface area contributed by atoms with Crippen LogP contribution in [0, 0.1) is 3.70 Å². The molecule has 0 N–H and O–H groups in total. The zero-order chi connectivity index (χ0) is 18.0. The smallest absolute Gasteiger partial charge is 0.362 e. The fourth-order valence-electron chi connectivity index (χ4n) is 1.70. The van der Waals surface area contributed by atoms with Crippen molar-refractivity contribution < 1.29 is 26.3 Å². The quantitative estimate of drug-likeness (QED) is 0.495. The number of aromatic nitrogens is 2. The van der Waals surface area contributed by atoms with E-state index >= 15 is 0 Å². The van der Waals surface area contributed by atoms with E-state index in [9.17, 15) is 21.6 Å². The Morgan fingerprint density at radius 2 is 1.96 bits per heavy atom. The molecule has 130 valence electrons. The van der Waals surface area contributed by atoms with Crippen LogP contribution >= 0.6 is 22.6 Å². The molecule has 2 rings (SSSR count). The minimum absolute atomic E-state index is 0.190. The van der Waals surface area contributed by atoms with Gasteiger partial charge in [0.05, 0.1) is 16.7 Å². The summed E-state index contributed by atoms with van der Waals surface area (Å²) in [4.78, 5) is -0.328. The van der Waals surface area contributed by atoms with E-state index in [-0.39, 0.29) is 11.6 Å². The van der Waals surface area contributed by atoms with Gasteiger partial charge in [-0.05, 0) is 46.9 Å². The second-order valence-corrected chi connectivity index (χ2v) is 7.22. The number of alkyl halides is 3. The molecular formula is C13H11F3IN3O3S. The molecule has 1 aromatic carbocycles. The Kier molecular flexibility index (Phi) is 5.65. The molecule has 6 nitrogen and oxygen atoms in total. The van der Waals surface area contributed by atoms with Crippen molar-refractivity contribution in [3.05, 3.63) is 45.3 Å². The first kappa shape index (κ1) is 18.9. The van der Waals surface area contributed by atoms with Crippen LogP contribution in [0.15, 0.2) is 39.8 Å². The fourth-order valence-corrected chi connectivity index (χ4v) is 3.11. The number of rotatable bonds is 5. The van der Waals surface area contributed by atoms with Crippen LogP contribution in [-0.4, -0.2) is 31.5 Å². The molecule has 1 heterocycles. The van der Waals surface area contributed by atoms with Gasteiger partial charge in [-0.2, -0.15) is 31.1 Å². The number of benzene rings is 1. The van der Waals surface area contributed by atoms with Crippen molar-refractivity contribution >= 4 is 38.8 Å². The monoisotopic (exact) mass is 473 g/mol. The number of methoxy groups -OCH3 is 1. The van der Waals surface area contributed by atoms with Crippen LogP contribution in [-0.2, 0) is 27.7 Å². The van der Waals surface area contributed by atoms with Crippen LogP contribution in [0.3, 0.4) is 0 Å². The van der Waals surface area contributed by atoms with Gasteiger partial charge in [0.15, 0.2) is 0 Å². The molecule has 0 saturated carbocycles. The minimum Gasteiger partial charge on any atom is -0.362 e. The maximum Gasteiger partial charge on any atom is 0.416 e. The molecule has 0 fully saturated rings. The van der Waals surface area contributed by atoms with Gasteiger partial charge in [0.25, 0.3) is 10.0 Å². The van der Waals surface area contributed by atoms with E-state index in [4.69, 9.17) is 4.74 Å². The highest BCUT2D eigenvalue weighted by molar-refractivity contribution is 14.1. The van der Waals surface area contributed by atoms with Crippen molar-refractivity contribution in [1.82, 2.24) is 9.78 Å². The summed E-state index contributed by atoms with van der Waals surface area (Å²) in [5.41, 5.74) is -0.482. The van der Waals surface area contributed by atoms with Gasteiger partial charge in [-0.25, -0.2) is 4.68 Å². The summed E-state index contributed by atoms with van der Waals surface area (Å²) in [7, 11) is -2.63. The highest BCUT2D eigenvalue weighted by Gasteiger charge is 2.30. The van der Waals surface area contributed by atoms with Crippen molar-refractivity contribution in [1.29, 1.82) is 0 Å². The number of halogens is 4. The number of ether oxygens (including phenoxy) is 1. The Labute approximate surface area is 149 Å². The Hall–Kier alpha value is -1.47. The molecule has 0 radical (unpaired) electrons. The predicted molar refractivity (Wildman–Crippen MR) is 88.2 cm³/mol. The Morgan fingerprint density at radius 1 is 1.33 bits per heavy atom. The molecular weight excluding hydrogens is 462 g/mol. The molecule has 1 aromatic heterocycles. The average Bonchev–Trinajstić information content (AvgIpc) is 2.85. The number of hydrogen-bond donors (Lipinski definition) is 0. The molecule has 0 unspecified atom stereocenters. The number of nitrogens with zero attached hydrogens (tertiary/aromatic N) is 3. The standard InChI is InChI=1S/C13H11F3IN3O3S/c1-23-8-20-7-9(12(17)19-20)6-18-24(21,22)11-4-2-10(3-5-11)13(14,15)16/h2-7H,8H2,1H3/b18-6+. The number of hydrogen-bond acceptors (Lipinski definition) is 4. The van der Waals surface area contributed by atoms with E-state index in [1.165, 1.54) is 18.0 Å². The van der Waals surface area contributed by atoms with Crippen molar-refractivity contribution in [2.75, 3.05) is 7.11 Å². The molecule has 0 spiro atoms. The topological polar surface area (TPSA) is 73.6 Å². The first-order valence-corrected chi connectivity index (χ1v) is 8.85. The van der Waals surface area contributed by atoms with Crippen molar-refractivity contribution in [2.45, 2.75) is 17.8 Å². The van der Waals surface area contributed by atoms with Gasteiger partial charge in [0, 0.05) is 18.9 Å². The van der Waals surface area contributed by atoms with Gasteiger partial charge in [0.1, 0.15) is 10.4 Å². The number of sulfonamides is 1. The lowest BCUT2D eigenvalue weighted by atomic mass is 10.2. The molecule has 0 aliphatic carbocycles. The second-order valence-electron chi connectivity index (χ2n) is 4.56. The SMILES string of the molecule is COCn1cc(/C=N/S(=O)(=O)c2ccc(C(F)(F)F)cc2)c(I)n1. The zero-order valence-corrected chi connectivity index (χ0v) is 15.1. The van der Waals surface area contributed by atoms with Gasteiger partial charge < -0.3 is 4.74 Å². The lowest BCUT2D eigenvalue weighted by molar-refractivity contribution is -0.137. The summed E-state index contributed by atoms with van der Waals surface area (Å²) in [6.45, 7) is 0.190. The molecule has 2 aromatic rings. The first-order valence-electron chi connectivity index (χ1n) is 6.33. The van der Waals surface area contributed by atoms with Crippen molar-refractivity contribution in [2.24, 2.45) is 4.40 Å².